The number of pyridine rings is 1. The first kappa shape index (κ1) is 18.0. The summed E-state index contributed by atoms with van der Waals surface area (Å²) >= 11 is 0. The number of aryl methyl sites for hydroxylation is 1. The van der Waals surface area contributed by atoms with Gasteiger partial charge >= 0.3 is 6.03 Å². The number of rotatable bonds is 4. The number of hydrogen-bond donors (Lipinski definition) is 2. The lowest BCUT2D eigenvalue weighted by Crippen LogP contribution is -2.47. The Bertz CT molecular complexity index is 950. The molecule has 2 aromatic carbocycles. The maximum Gasteiger partial charge on any atom is 0.520 e. The number of carbonyl (C=O) groups is 2. The number of nitrogens with zero attached hydrogens (tertiary/aromatic N) is 2. The van der Waals surface area contributed by atoms with Crippen LogP contribution in [0.15, 0.2) is 84.2 Å². The minimum atomic E-state index is -0.360. The van der Waals surface area contributed by atoms with Crippen LogP contribution < -0.4 is 15.3 Å². The van der Waals surface area contributed by atoms with Gasteiger partial charge in [-0.3, -0.25) is 4.79 Å². The molecule has 2 N–H and O–H groups in total. The van der Waals surface area contributed by atoms with Crippen LogP contribution in [0.25, 0.3) is 0 Å². The van der Waals surface area contributed by atoms with Crippen LogP contribution in [0, 0.1) is 6.92 Å². The highest BCUT2D eigenvalue weighted by molar-refractivity contribution is 6.04. The molecular formula is C21H19N4O2+. The Morgan fingerprint density at radius 1 is 0.926 bits per heavy atom. The summed E-state index contributed by atoms with van der Waals surface area (Å²) in [6.45, 7) is 1.99. The largest absolute Gasteiger partial charge is 0.520 e. The van der Waals surface area contributed by atoms with Crippen molar-refractivity contribution in [3.05, 3.63) is 95.8 Å². The molecule has 0 fully saturated rings. The van der Waals surface area contributed by atoms with Crippen LogP contribution in [0.3, 0.4) is 0 Å². The van der Waals surface area contributed by atoms with E-state index in [1.165, 1.54) is 10.8 Å². The highest BCUT2D eigenvalue weighted by Gasteiger charge is 2.10. The zero-order chi connectivity index (χ0) is 19.1. The Hall–Kier alpha value is -3.80. The zero-order valence-corrected chi connectivity index (χ0v) is 14.8. The maximum absolute atomic E-state index is 12.3. The van der Waals surface area contributed by atoms with Crippen LogP contribution in [0.4, 0.5) is 10.5 Å². The number of nitrogens with one attached hydrogen (secondary N) is 2. The predicted molar refractivity (Wildman–Crippen MR) is 104 cm³/mol. The van der Waals surface area contributed by atoms with E-state index in [9.17, 15) is 9.59 Å². The van der Waals surface area contributed by atoms with Crippen molar-refractivity contribution in [2.45, 2.75) is 6.92 Å². The summed E-state index contributed by atoms with van der Waals surface area (Å²) in [4.78, 5) is 24.1. The summed E-state index contributed by atoms with van der Waals surface area (Å²) < 4.78 is 1.38. The molecule has 1 heterocycles. The minimum Gasteiger partial charge on any atom is -0.322 e. The van der Waals surface area contributed by atoms with Crippen LogP contribution in [-0.2, 0) is 0 Å². The molecule has 0 aliphatic rings. The summed E-state index contributed by atoms with van der Waals surface area (Å²) in [6.07, 6.45) is 4.78. The predicted octanol–water partition coefficient (Wildman–Crippen LogP) is 3.13. The van der Waals surface area contributed by atoms with Gasteiger partial charge in [-0.15, -0.1) is 5.43 Å². The molecule has 0 saturated carbocycles. The molecule has 6 nitrogen and oxygen atoms in total. The lowest BCUT2D eigenvalue weighted by Gasteiger charge is -2.05. The molecule has 2 amide bonds. The van der Waals surface area contributed by atoms with Crippen molar-refractivity contribution < 1.29 is 14.2 Å². The molecule has 0 unspecified atom stereocenters. The molecule has 0 spiro atoms. The van der Waals surface area contributed by atoms with Crippen LogP contribution in [-0.4, -0.2) is 18.2 Å². The number of hydrogen-bond acceptors (Lipinski definition) is 3. The highest BCUT2D eigenvalue weighted by atomic mass is 16.2. The number of anilines is 1. The average molecular weight is 359 g/mol. The SMILES string of the molecule is Cc1ccc(NC(=O)c2ccc(/C=N/NC(=O)[n+]3ccccc3)cc2)cc1. The summed E-state index contributed by atoms with van der Waals surface area (Å²) in [7, 11) is 0. The third-order valence-electron chi connectivity index (χ3n) is 3.81. The van der Waals surface area contributed by atoms with E-state index in [1.54, 1.807) is 48.8 Å². The minimum absolute atomic E-state index is 0.184. The van der Waals surface area contributed by atoms with Crippen molar-refractivity contribution in [3.8, 4) is 0 Å². The molecule has 0 aliphatic carbocycles. The Kier molecular flexibility index (Phi) is 5.69. The van der Waals surface area contributed by atoms with E-state index in [1.807, 2.05) is 37.3 Å². The van der Waals surface area contributed by atoms with Gasteiger partial charge < -0.3 is 5.32 Å². The fraction of sp³-hybridized carbons (Fsp3) is 0.0476. The Labute approximate surface area is 157 Å². The standard InChI is InChI=1S/C21H18N4O2/c1-16-5-11-19(12-6-16)23-20(26)18-9-7-17(8-10-18)15-22-24-21(27)25-13-3-2-4-14-25/h2-15H,1H3,(H-,23,24,26,27)/p+1. The van der Waals surface area contributed by atoms with Crippen LogP contribution >= 0.6 is 0 Å². The van der Waals surface area contributed by atoms with E-state index in [4.69, 9.17) is 0 Å². The summed E-state index contributed by atoms with van der Waals surface area (Å²) in [5.41, 5.74) is 5.62. The van der Waals surface area contributed by atoms with Crippen molar-refractivity contribution in [1.82, 2.24) is 5.43 Å². The van der Waals surface area contributed by atoms with Crippen molar-refractivity contribution in [2.75, 3.05) is 5.32 Å². The van der Waals surface area contributed by atoms with Crippen molar-refractivity contribution in [2.24, 2.45) is 5.10 Å². The van der Waals surface area contributed by atoms with Crippen LogP contribution in [0.2, 0.25) is 0 Å². The highest BCUT2D eigenvalue weighted by Crippen LogP contribution is 2.11. The molecule has 0 saturated heterocycles. The average Bonchev–Trinajstić information content (AvgIpc) is 2.71. The molecule has 0 radical (unpaired) electrons. The number of amides is 2. The molecule has 0 atom stereocenters. The Balaban J connectivity index is 1.57. The maximum atomic E-state index is 12.3. The number of hydrazone groups is 1. The second-order valence-corrected chi connectivity index (χ2v) is 5.90. The van der Waals surface area contributed by atoms with E-state index in [-0.39, 0.29) is 11.9 Å². The quantitative estimate of drug-likeness (QED) is 0.427. The number of aromatic nitrogens is 1. The summed E-state index contributed by atoms with van der Waals surface area (Å²) in [6, 6.07) is 19.5. The third kappa shape index (κ3) is 5.09. The fourth-order valence-electron chi connectivity index (χ4n) is 2.31. The number of carbonyl (C=O) groups excluding carboxylic acids is 2. The van der Waals surface area contributed by atoms with Crippen molar-refractivity contribution in [3.63, 3.8) is 0 Å². The smallest absolute Gasteiger partial charge is 0.322 e. The van der Waals surface area contributed by atoms with Gasteiger partial charge in [-0.25, -0.2) is 0 Å². The lowest BCUT2D eigenvalue weighted by molar-refractivity contribution is -0.572. The van der Waals surface area contributed by atoms with E-state index in [2.05, 4.69) is 15.8 Å². The molecule has 27 heavy (non-hydrogen) atoms. The van der Waals surface area contributed by atoms with Gasteiger partial charge in [-0.1, -0.05) is 41.0 Å². The van der Waals surface area contributed by atoms with Gasteiger partial charge in [0, 0.05) is 11.3 Å². The van der Waals surface area contributed by atoms with Gasteiger partial charge in [-0.05, 0) is 48.9 Å². The first-order valence-corrected chi connectivity index (χ1v) is 8.39. The van der Waals surface area contributed by atoms with Gasteiger partial charge in [0.1, 0.15) is 0 Å². The Morgan fingerprint density at radius 2 is 1.59 bits per heavy atom. The fourth-order valence-corrected chi connectivity index (χ4v) is 2.31. The van der Waals surface area contributed by atoms with Gasteiger partial charge in [0.15, 0.2) is 0 Å². The molecule has 3 rings (SSSR count). The van der Waals surface area contributed by atoms with Crippen LogP contribution in [0.1, 0.15) is 21.5 Å². The molecule has 6 heteroatoms. The second-order valence-electron chi connectivity index (χ2n) is 5.90. The Morgan fingerprint density at radius 3 is 2.26 bits per heavy atom. The summed E-state index contributed by atoms with van der Waals surface area (Å²) in [5, 5.41) is 6.77. The molecule has 134 valence electrons. The molecule has 0 aliphatic heterocycles. The van der Waals surface area contributed by atoms with E-state index in [0.717, 1.165) is 16.8 Å². The summed E-state index contributed by atoms with van der Waals surface area (Å²) in [5.74, 6) is -0.184. The molecule has 0 bridgehead atoms. The van der Waals surface area contributed by atoms with Crippen molar-refractivity contribution in [1.29, 1.82) is 0 Å². The van der Waals surface area contributed by atoms with Gasteiger partial charge in [0.25, 0.3) is 5.91 Å². The topological polar surface area (TPSA) is 74.4 Å². The molecule has 3 aromatic rings. The lowest BCUT2D eigenvalue weighted by atomic mass is 10.1. The number of benzene rings is 2. The monoisotopic (exact) mass is 359 g/mol. The van der Waals surface area contributed by atoms with Gasteiger partial charge in [-0.2, -0.15) is 9.36 Å². The van der Waals surface area contributed by atoms with E-state index < -0.39 is 0 Å². The van der Waals surface area contributed by atoms with Gasteiger partial charge in [0.2, 0.25) is 0 Å². The normalized spacial score (nSPS) is 10.6. The third-order valence-corrected chi connectivity index (χ3v) is 3.81. The first-order valence-electron chi connectivity index (χ1n) is 8.39. The zero-order valence-electron chi connectivity index (χ0n) is 14.8. The van der Waals surface area contributed by atoms with E-state index in [0.29, 0.717) is 5.56 Å². The van der Waals surface area contributed by atoms with Gasteiger partial charge in [0.05, 0.1) is 18.6 Å². The first-order chi connectivity index (χ1) is 13.1. The van der Waals surface area contributed by atoms with Crippen molar-refractivity contribution >= 4 is 23.8 Å². The second kappa shape index (κ2) is 8.53. The molecule has 1 aromatic heterocycles. The van der Waals surface area contributed by atoms with Crippen LogP contribution in [0.5, 0.6) is 0 Å². The molecular weight excluding hydrogens is 340 g/mol. The van der Waals surface area contributed by atoms with E-state index >= 15 is 0 Å².